The van der Waals surface area contributed by atoms with E-state index in [-0.39, 0.29) is 11.1 Å². The number of aromatic nitrogens is 1. The Labute approximate surface area is 160 Å². The van der Waals surface area contributed by atoms with E-state index in [0.29, 0.717) is 0 Å². The van der Waals surface area contributed by atoms with Crippen LogP contribution in [-0.4, -0.2) is 19.4 Å². The zero-order valence-corrected chi connectivity index (χ0v) is 19.6. The SMILES string of the molecule is C/C(I)=C\C[C@H](O[Si](C)(C)C(C)(C)C)/C(C)=C/c1csc(C)n1. The highest BCUT2D eigenvalue weighted by Crippen LogP contribution is 2.38. The molecule has 0 N–H and O–H groups in total. The molecule has 0 saturated heterocycles. The van der Waals surface area contributed by atoms with Crippen LogP contribution in [0.1, 0.15) is 51.7 Å². The van der Waals surface area contributed by atoms with Crippen molar-refractivity contribution in [2.45, 2.75) is 72.2 Å². The molecule has 0 aliphatic heterocycles. The lowest BCUT2D eigenvalue weighted by molar-refractivity contribution is 0.217. The Hall–Kier alpha value is 0.0169. The van der Waals surface area contributed by atoms with Crippen molar-refractivity contribution in [2.75, 3.05) is 0 Å². The first-order valence-electron chi connectivity index (χ1n) is 8.03. The molecule has 0 saturated carbocycles. The molecule has 0 aromatic carbocycles. The molecule has 1 aromatic rings. The quantitative estimate of drug-likeness (QED) is 0.336. The van der Waals surface area contributed by atoms with Gasteiger partial charge in [0.1, 0.15) is 0 Å². The lowest BCUT2D eigenvalue weighted by Gasteiger charge is -2.39. The van der Waals surface area contributed by atoms with Crippen LogP contribution in [0.25, 0.3) is 6.08 Å². The Morgan fingerprint density at radius 2 is 2.00 bits per heavy atom. The minimum Gasteiger partial charge on any atom is -0.410 e. The lowest BCUT2D eigenvalue weighted by atomic mass is 10.1. The van der Waals surface area contributed by atoms with Gasteiger partial charge in [0.2, 0.25) is 0 Å². The summed E-state index contributed by atoms with van der Waals surface area (Å²) in [7, 11) is -1.81. The third-order valence-corrected chi connectivity index (χ3v) is 10.1. The van der Waals surface area contributed by atoms with Crippen molar-refractivity contribution >= 4 is 48.3 Å². The zero-order chi connectivity index (χ0) is 17.8. The van der Waals surface area contributed by atoms with Crippen molar-refractivity contribution in [1.82, 2.24) is 4.98 Å². The minimum absolute atomic E-state index is 0.127. The molecule has 0 fully saturated rings. The predicted molar refractivity (Wildman–Crippen MR) is 115 cm³/mol. The van der Waals surface area contributed by atoms with Gasteiger partial charge in [0.05, 0.1) is 16.8 Å². The van der Waals surface area contributed by atoms with Crippen LogP contribution >= 0.6 is 33.9 Å². The van der Waals surface area contributed by atoms with Crippen LogP contribution in [-0.2, 0) is 4.43 Å². The van der Waals surface area contributed by atoms with E-state index in [1.54, 1.807) is 11.3 Å². The van der Waals surface area contributed by atoms with Crippen molar-refractivity contribution < 1.29 is 4.43 Å². The minimum atomic E-state index is -1.81. The molecule has 0 bridgehead atoms. The zero-order valence-electron chi connectivity index (χ0n) is 15.7. The molecule has 5 heteroatoms. The largest absolute Gasteiger partial charge is 0.410 e. The van der Waals surface area contributed by atoms with Gasteiger partial charge in [-0.05, 0) is 83.1 Å². The molecule has 23 heavy (non-hydrogen) atoms. The molecule has 1 heterocycles. The van der Waals surface area contributed by atoms with E-state index < -0.39 is 8.32 Å². The highest BCUT2D eigenvalue weighted by molar-refractivity contribution is 14.1. The number of aryl methyl sites for hydroxylation is 1. The van der Waals surface area contributed by atoms with Crippen molar-refractivity contribution in [2.24, 2.45) is 0 Å². The monoisotopic (exact) mass is 463 g/mol. The summed E-state index contributed by atoms with van der Waals surface area (Å²) in [5.41, 5.74) is 2.30. The van der Waals surface area contributed by atoms with E-state index in [0.717, 1.165) is 17.1 Å². The van der Waals surface area contributed by atoms with Gasteiger partial charge < -0.3 is 4.43 Å². The Kier molecular flexibility index (Phi) is 7.70. The standard InChI is InChI=1S/C18H30INOSSi/c1-13(11-16-12-22-15(3)20-16)17(10-9-14(2)19)21-23(7,8)18(4,5)6/h9,11-12,17H,10H2,1-8H3/b13-11+,14-9+/t17-/m0/s1. The predicted octanol–water partition coefficient (Wildman–Crippen LogP) is 6.97. The topological polar surface area (TPSA) is 22.1 Å². The van der Waals surface area contributed by atoms with Crippen molar-refractivity contribution in [3.63, 3.8) is 0 Å². The third-order valence-electron chi connectivity index (χ3n) is 4.38. The summed E-state index contributed by atoms with van der Waals surface area (Å²) in [5, 5.41) is 3.43. The highest BCUT2D eigenvalue weighted by Gasteiger charge is 2.39. The molecule has 1 atom stereocenters. The van der Waals surface area contributed by atoms with Crippen LogP contribution in [0, 0.1) is 6.92 Å². The van der Waals surface area contributed by atoms with Gasteiger partial charge in [-0.25, -0.2) is 4.98 Å². The maximum atomic E-state index is 6.69. The summed E-state index contributed by atoms with van der Waals surface area (Å²) in [6.45, 7) is 17.9. The van der Waals surface area contributed by atoms with Crippen molar-refractivity contribution in [3.05, 3.63) is 31.3 Å². The average molecular weight is 464 g/mol. The van der Waals surface area contributed by atoms with Gasteiger partial charge in [-0.3, -0.25) is 0 Å². The van der Waals surface area contributed by atoms with Crippen LogP contribution in [0.15, 0.2) is 20.6 Å². The number of hydrogen-bond acceptors (Lipinski definition) is 3. The van der Waals surface area contributed by atoms with Gasteiger partial charge in [-0.1, -0.05) is 26.8 Å². The summed E-state index contributed by atoms with van der Waals surface area (Å²) in [5.74, 6) is 0. The van der Waals surface area contributed by atoms with Crippen LogP contribution in [0.4, 0.5) is 0 Å². The molecule has 0 aliphatic rings. The fourth-order valence-corrected chi connectivity index (χ4v) is 4.07. The molecule has 0 unspecified atom stereocenters. The average Bonchev–Trinajstić information content (AvgIpc) is 2.78. The maximum Gasteiger partial charge on any atom is 0.192 e. The number of allylic oxidation sites excluding steroid dienone is 1. The van der Waals surface area contributed by atoms with E-state index >= 15 is 0 Å². The van der Waals surface area contributed by atoms with Gasteiger partial charge in [-0.15, -0.1) is 11.3 Å². The Bertz CT molecular complexity index is 580. The van der Waals surface area contributed by atoms with Gasteiger partial charge in [-0.2, -0.15) is 0 Å². The van der Waals surface area contributed by atoms with Crippen LogP contribution in [0.3, 0.4) is 0 Å². The molecule has 0 amide bonds. The maximum absolute atomic E-state index is 6.69. The van der Waals surface area contributed by atoms with Gasteiger partial charge in [0.25, 0.3) is 0 Å². The molecule has 0 spiro atoms. The molecule has 0 radical (unpaired) electrons. The molecular formula is C18H30INOSSi. The molecule has 0 aliphatic carbocycles. The smallest absolute Gasteiger partial charge is 0.192 e. The Morgan fingerprint density at radius 3 is 2.43 bits per heavy atom. The summed E-state index contributed by atoms with van der Waals surface area (Å²) in [4.78, 5) is 4.55. The normalized spacial score (nSPS) is 15.9. The lowest BCUT2D eigenvalue weighted by Crippen LogP contribution is -2.44. The van der Waals surface area contributed by atoms with Crippen molar-refractivity contribution in [3.8, 4) is 0 Å². The van der Waals surface area contributed by atoms with Gasteiger partial charge in [0.15, 0.2) is 8.32 Å². The van der Waals surface area contributed by atoms with Crippen LogP contribution in [0.5, 0.6) is 0 Å². The summed E-state index contributed by atoms with van der Waals surface area (Å²) in [6.07, 6.45) is 5.49. The van der Waals surface area contributed by atoms with E-state index in [9.17, 15) is 0 Å². The van der Waals surface area contributed by atoms with Crippen LogP contribution < -0.4 is 0 Å². The summed E-state index contributed by atoms with van der Waals surface area (Å²) < 4.78 is 8.00. The molecule has 1 aromatic heterocycles. The van der Waals surface area contributed by atoms with E-state index in [2.05, 4.69) is 92.8 Å². The number of halogens is 1. The molecular weight excluding hydrogens is 433 g/mol. The molecule has 1 rings (SSSR count). The summed E-state index contributed by atoms with van der Waals surface area (Å²) >= 11 is 4.06. The molecule has 130 valence electrons. The van der Waals surface area contributed by atoms with E-state index in [4.69, 9.17) is 4.43 Å². The van der Waals surface area contributed by atoms with E-state index in [1.807, 2.05) is 6.92 Å². The molecule has 2 nitrogen and oxygen atoms in total. The number of thiazole rings is 1. The fraction of sp³-hybridized carbons (Fsp3) is 0.611. The van der Waals surface area contributed by atoms with Gasteiger partial charge in [0, 0.05) is 5.38 Å². The fourth-order valence-electron chi connectivity index (χ4n) is 1.90. The summed E-state index contributed by atoms with van der Waals surface area (Å²) in [6, 6.07) is 0. The number of nitrogens with zero attached hydrogens (tertiary/aromatic N) is 1. The number of rotatable bonds is 6. The van der Waals surface area contributed by atoms with E-state index in [1.165, 1.54) is 9.15 Å². The van der Waals surface area contributed by atoms with Gasteiger partial charge >= 0.3 is 0 Å². The highest BCUT2D eigenvalue weighted by atomic mass is 127. The first kappa shape index (κ1) is 21.1. The second-order valence-electron chi connectivity index (χ2n) is 7.57. The Balaban J connectivity index is 3.05. The third kappa shape index (κ3) is 6.80. The number of hydrogen-bond donors (Lipinski definition) is 0. The first-order chi connectivity index (χ1) is 10.4. The first-order valence-corrected chi connectivity index (χ1v) is 12.9. The second kappa shape index (κ2) is 8.40. The van der Waals surface area contributed by atoms with Crippen molar-refractivity contribution in [1.29, 1.82) is 0 Å². The second-order valence-corrected chi connectivity index (χ2v) is 15.1. The Morgan fingerprint density at radius 1 is 1.39 bits per heavy atom. The van der Waals surface area contributed by atoms with Crippen LogP contribution in [0.2, 0.25) is 18.1 Å².